The van der Waals surface area contributed by atoms with E-state index in [9.17, 15) is 0 Å². The van der Waals surface area contributed by atoms with Crippen molar-refractivity contribution in [3.63, 3.8) is 0 Å². The van der Waals surface area contributed by atoms with Gasteiger partial charge in [-0.2, -0.15) is 0 Å². The Bertz CT molecular complexity index is 758. The SMILES string of the molecule is C=C1CC(CC)CCC12c1ccccc1-c1c(P)cccc12. The van der Waals surface area contributed by atoms with Crippen molar-refractivity contribution in [1.82, 2.24) is 0 Å². The molecule has 0 bridgehead atoms. The zero-order valence-electron chi connectivity index (χ0n) is 13.2. The molecule has 2 aliphatic carbocycles. The predicted octanol–water partition coefficient (Wildman–Crippen LogP) is 5.22. The van der Waals surface area contributed by atoms with Gasteiger partial charge in [0.2, 0.25) is 0 Å². The van der Waals surface area contributed by atoms with Gasteiger partial charge < -0.3 is 0 Å². The molecule has 1 fully saturated rings. The maximum atomic E-state index is 4.57. The number of hydrogen-bond acceptors (Lipinski definition) is 0. The molecule has 2 aromatic carbocycles. The topological polar surface area (TPSA) is 0 Å². The molecule has 0 N–H and O–H groups in total. The summed E-state index contributed by atoms with van der Waals surface area (Å²) in [4.78, 5) is 0. The van der Waals surface area contributed by atoms with Crippen LogP contribution in [0.2, 0.25) is 0 Å². The van der Waals surface area contributed by atoms with Crippen LogP contribution in [0.5, 0.6) is 0 Å². The average Bonchev–Trinajstić information content (AvgIpc) is 2.83. The van der Waals surface area contributed by atoms with Crippen molar-refractivity contribution in [1.29, 1.82) is 0 Å². The molecule has 2 aliphatic rings. The first kappa shape index (κ1) is 14.2. The van der Waals surface area contributed by atoms with Crippen LogP contribution >= 0.6 is 9.24 Å². The van der Waals surface area contributed by atoms with E-state index in [1.54, 1.807) is 0 Å². The van der Waals surface area contributed by atoms with Crippen LogP contribution in [0.4, 0.5) is 0 Å². The highest BCUT2D eigenvalue weighted by Gasteiger charge is 2.47. The van der Waals surface area contributed by atoms with E-state index in [-0.39, 0.29) is 5.41 Å². The monoisotopic (exact) mass is 306 g/mol. The number of rotatable bonds is 1. The Kier molecular flexibility index (Phi) is 3.27. The van der Waals surface area contributed by atoms with Gasteiger partial charge in [0.15, 0.2) is 0 Å². The van der Waals surface area contributed by atoms with Crippen LogP contribution in [0.1, 0.15) is 43.7 Å². The molecule has 22 heavy (non-hydrogen) atoms. The maximum Gasteiger partial charge on any atom is 0.0421 e. The lowest BCUT2D eigenvalue weighted by Gasteiger charge is -2.41. The van der Waals surface area contributed by atoms with Gasteiger partial charge in [0.25, 0.3) is 0 Å². The summed E-state index contributed by atoms with van der Waals surface area (Å²) in [6.45, 7) is 6.88. The van der Waals surface area contributed by atoms with Gasteiger partial charge >= 0.3 is 0 Å². The number of fused-ring (bicyclic) bond motifs is 5. The molecule has 4 rings (SSSR count). The van der Waals surface area contributed by atoms with Gasteiger partial charge in [-0.15, -0.1) is 9.24 Å². The summed E-state index contributed by atoms with van der Waals surface area (Å²) < 4.78 is 0. The lowest BCUT2D eigenvalue weighted by molar-refractivity contribution is 0.338. The number of hydrogen-bond donors (Lipinski definition) is 0. The molecule has 0 aromatic heterocycles. The average molecular weight is 306 g/mol. The molecular weight excluding hydrogens is 283 g/mol. The molecule has 1 saturated carbocycles. The van der Waals surface area contributed by atoms with E-state index in [0.29, 0.717) is 0 Å². The van der Waals surface area contributed by atoms with Gasteiger partial charge in [0.1, 0.15) is 0 Å². The first-order valence-electron chi connectivity index (χ1n) is 8.35. The highest BCUT2D eigenvalue weighted by Crippen LogP contribution is 2.58. The predicted molar refractivity (Wildman–Crippen MR) is 98.8 cm³/mol. The summed E-state index contributed by atoms with van der Waals surface area (Å²) in [5.41, 5.74) is 7.30. The van der Waals surface area contributed by atoms with Gasteiger partial charge in [-0.25, -0.2) is 0 Å². The summed E-state index contributed by atoms with van der Waals surface area (Å²) >= 11 is 0. The molecule has 0 nitrogen and oxygen atoms in total. The zero-order valence-corrected chi connectivity index (χ0v) is 14.4. The molecule has 112 valence electrons. The first-order chi connectivity index (χ1) is 10.7. The van der Waals surface area contributed by atoms with E-state index in [4.69, 9.17) is 0 Å². The van der Waals surface area contributed by atoms with Crippen molar-refractivity contribution < 1.29 is 0 Å². The van der Waals surface area contributed by atoms with Crippen LogP contribution in [0.15, 0.2) is 54.6 Å². The van der Waals surface area contributed by atoms with Gasteiger partial charge in [-0.05, 0) is 52.7 Å². The second-order valence-corrected chi connectivity index (χ2v) is 7.46. The van der Waals surface area contributed by atoms with Crippen LogP contribution in [0.3, 0.4) is 0 Å². The molecule has 0 saturated heterocycles. The zero-order chi connectivity index (χ0) is 15.3. The highest BCUT2D eigenvalue weighted by atomic mass is 31.0. The summed E-state index contributed by atoms with van der Waals surface area (Å²) in [6, 6.07) is 15.7. The van der Waals surface area contributed by atoms with Gasteiger partial charge in [0, 0.05) is 5.41 Å². The Hall–Kier alpha value is -1.39. The lowest BCUT2D eigenvalue weighted by atomic mass is 9.62. The van der Waals surface area contributed by atoms with Crippen LogP contribution in [0, 0.1) is 5.92 Å². The maximum absolute atomic E-state index is 4.57. The van der Waals surface area contributed by atoms with Crippen molar-refractivity contribution in [2.45, 2.75) is 38.0 Å². The van der Waals surface area contributed by atoms with Crippen molar-refractivity contribution in [2.24, 2.45) is 5.92 Å². The van der Waals surface area contributed by atoms with Crippen molar-refractivity contribution in [3.8, 4) is 11.1 Å². The van der Waals surface area contributed by atoms with E-state index in [1.165, 1.54) is 58.8 Å². The Balaban J connectivity index is 1.98. The molecule has 3 unspecified atom stereocenters. The minimum atomic E-state index is 0.0597. The molecule has 3 atom stereocenters. The lowest BCUT2D eigenvalue weighted by Crippen LogP contribution is -2.33. The fourth-order valence-corrected chi connectivity index (χ4v) is 5.09. The molecule has 1 spiro atoms. The van der Waals surface area contributed by atoms with Gasteiger partial charge in [-0.1, -0.05) is 68.0 Å². The van der Waals surface area contributed by atoms with E-state index >= 15 is 0 Å². The molecule has 1 heteroatoms. The second kappa shape index (κ2) is 5.07. The third kappa shape index (κ3) is 1.74. The summed E-state index contributed by atoms with van der Waals surface area (Å²) in [6.07, 6.45) is 4.96. The van der Waals surface area contributed by atoms with E-state index < -0.39 is 0 Å². The van der Waals surface area contributed by atoms with E-state index in [0.717, 1.165) is 5.92 Å². The fraction of sp³-hybridized carbons (Fsp3) is 0.333. The van der Waals surface area contributed by atoms with Crippen LogP contribution in [0.25, 0.3) is 11.1 Å². The summed E-state index contributed by atoms with van der Waals surface area (Å²) in [7, 11) is 2.93. The van der Waals surface area contributed by atoms with Crippen LogP contribution in [-0.2, 0) is 5.41 Å². The Morgan fingerprint density at radius 1 is 1.14 bits per heavy atom. The quantitative estimate of drug-likeness (QED) is 0.500. The van der Waals surface area contributed by atoms with E-state index in [2.05, 4.69) is 65.2 Å². The third-order valence-electron chi connectivity index (χ3n) is 5.86. The molecule has 2 aromatic rings. The van der Waals surface area contributed by atoms with Crippen molar-refractivity contribution >= 4 is 14.5 Å². The highest BCUT2D eigenvalue weighted by molar-refractivity contribution is 7.28. The molecule has 0 amide bonds. The third-order valence-corrected chi connectivity index (χ3v) is 6.34. The number of benzene rings is 2. The van der Waals surface area contributed by atoms with Gasteiger partial charge in [0.05, 0.1) is 0 Å². The van der Waals surface area contributed by atoms with Crippen LogP contribution in [-0.4, -0.2) is 0 Å². The summed E-state index contributed by atoms with van der Waals surface area (Å²) in [5.74, 6) is 0.813. The second-order valence-electron chi connectivity index (χ2n) is 6.84. The minimum Gasteiger partial charge on any atom is -0.105 e. The fourth-order valence-electron chi connectivity index (χ4n) is 4.67. The minimum absolute atomic E-state index is 0.0597. The van der Waals surface area contributed by atoms with Gasteiger partial charge in [-0.3, -0.25) is 0 Å². The largest absolute Gasteiger partial charge is 0.105 e. The molecular formula is C21H23P. The Morgan fingerprint density at radius 2 is 1.91 bits per heavy atom. The normalized spacial score (nSPS) is 26.1. The Labute approximate surface area is 135 Å². The van der Waals surface area contributed by atoms with Crippen LogP contribution < -0.4 is 5.30 Å². The number of allylic oxidation sites excluding steroid dienone is 1. The standard InChI is InChI=1S/C21H23P/c1-3-15-11-12-21(14(2)13-15)17-8-5-4-7-16(17)20-18(21)9-6-10-19(20)22/h4-10,15H,2-3,11-13,22H2,1H3. The van der Waals surface area contributed by atoms with E-state index in [1.807, 2.05) is 0 Å². The van der Waals surface area contributed by atoms with Crippen molar-refractivity contribution in [2.75, 3.05) is 0 Å². The molecule has 0 heterocycles. The summed E-state index contributed by atoms with van der Waals surface area (Å²) in [5, 5.41) is 1.31. The Morgan fingerprint density at radius 3 is 2.68 bits per heavy atom. The molecule has 0 aliphatic heterocycles. The molecule has 0 radical (unpaired) electrons. The first-order valence-corrected chi connectivity index (χ1v) is 8.93. The smallest absolute Gasteiger partial charge is 0.0421 e. The van der Waals surface area contributed by atoms with Crippen molar-refractivity contribution in [3.05, 3.63) is 65.7 Å².